The van der Waals surface area contributed by atoms with Crippen molar-refractivity contribution in [3.05, 3.63) is 29.8 Å². The molecular formula is C15H20O3S. The van der Waals surface area contributed by atoms with Crippen LogP contribution in [0.2, 0.25) is 0 Å². The molecule has 1 aromatic rings. The molecule has 0 fully saturated rings. The Morgan fingerprint density at radius 2 is 1.79 bits per heavy atom. The molecule has 1 N–H and O–H groups in total. The molecule has 0 saturated heterocycles. The first-order valence-electron chi connectivity index (χ1n) is 6.61. The van der Waals surface area contributed by atoms with Gasteiger partial charge in [-0.05, 0) is 30.7 Å². The number of carbonyl (C=O) groups is 2. The van der Waals surface area contributed by atoms with Crippen LogP contribution in [-0.2, 0) is 4.79 Å². The van der Waals surface area contributed by atoms with E-state index in [-0.39, 0.29) is 12.2 Å². The minimum atomic E-state index is -0.752. The molecule has 0 bridgehead atoms. The van der Waals surface area contributed by atoms with E-state index in [1.807, 2.05) is 24.3 Å². The minimum Gasteiger partial charge on any atom is -0.481 e. The average molecular weight is 280 g/mol. The smallest absolute Gasteiger partial charge is 0.303 e. The number of aliphatic carboxylic acids is 1. The maximum absolute atomic E-state index is 11.8. The molecule has 0 saturated carbocycles. The molecule has 0 aromatic heterocycles. The summed E-state index contributed by atoms with van der Waals surface area (Å²) in [5, 5.41) is 8.53. The van der Waals surface area contributed by atoms with E-state index in [1.54, 1.807) is 11.8 Å². The number of hydrogen-bond acceptors (Lipinski definition) is 3. The van der Waals surface area contributed by atoms with E-state index in [4.69, 9.17) is 5.11 Å². The number of benzene rings is 1. The highest BCUT2D eigenvalue weighted by atomic mass is 32.2. The van der Waals surface area contributed by atoms with E-state index in [9.17, 15) is 9.59 Å². The second kappa shape index (κ2) is 8.75. The molecule has 0 radical (unpaired) electrons. The van der Waals surface area contributed by atoms with Gasteiger partial charge in [-0.15, -0.1) is 11.8 Å². The summed E-state index contributed by atoms with van der Waals surface area (Å²) < 4.78 is 0. The Morgan fingerprint density at radius 1 is 1.11 bits per heavy atom. The number of carboxylic acid groups (broad SMARTS) is 1. The van der Waals surface area contributed by atoms with Gasteiger partial charge in [0.2, 0.25) is 0 Å². The van der Waals surface area contributed by atoms with Crippen LogP contribution in [0.4, 0.5) is 0 Å². The van der Waals surface area contributed by atoms with Crippen LogP contribution < -0.4 is 0 Å². The molecule has 19 heavy (non-hydrogen) atoms. The Bertz CT molecular complexity index is 412. The predicted octanol–water partition coefficient (Wildman–Crippen LogP) is 4.02. The van der Waals surface area contributed by atoms with Gasteiger partial charge in [0.25, 0.3) is 0 Å². The highest BCUT2D eigenvalue weighted by Gasteiger charge is 2.05. The van der Waals surface area contributed by atoms with Crippen molar-refractivity contribution in [1.82, 2.24) is 0 Å². The molecule has 0 heterocycles. The lowest BCUT2D eigenvalue weighted by molar-refractivity contribution is -0.137. The first-order chi connectivity index (χ1) is 9.13. The Kier molecular flexibility index (Phi) is 7.26. The van der Waals surface area contributed by atoms with Crippen LogP contribution in [0.5, 0.6) is 0 Å². The van der Waals surface area contributed by atoms with Crippen molar-refractivity contribution in [3.8, 4) is 0 Å². The average Bonchev–Trinajstić information content (AvgIpc) is 2.41. The van der Waals surface area contributed by atoms with E-state index in [0.717, 1.165) is 29.1 Å². The monoisotopic (exact) mass is 280 g/mol. The third-order valence-corrected chi connectivity index (χ3v) is 3.84. The molecular weight excluding hydrogens is 260 g/mol. The Hall–Kier alpha value is -1.29. The summed E-state index contributed by atoms with van der Waals surface area (Å²) in [5.41, 5.74) is 0.767. The van der Waals surface area contributed by atoms with E-state index in [0.29, 0.717) is 12.8 Å². The molecule has 0 aliphatic rings. The highest BCUT2D eigenvalue weighted by Crippen LogP contribution is 2.20. The van der Waals surface area contributed by atoms with Gasteiger partial charge in [-0.3, -0.25) is 9.59 Å². The van der Waals surface area contributed by atoms with Gasteiger partial charge in [0.15, 0.2) is 5.78 Å². The van der Waals surface area contributed by atoms with Crippen LogP contribution in [0.25, 0.3) is 0 Å². The van der Waals surface area contributed by atoms with Gasteiger partial charge < -0.3 is 5.11 Å². The van der Waals surface area contributed by atoms with Crippen molar-refractivity contribution in [3.63, 3.8) is 0 Å². The zero-order valence-corrected chi connectivity index (χ0v) is 12.0. The van der Waals surface area contributed by atoms with Gasteiger partial charge in [-0.1, -0.05) is 25.5 Å². The van der Waals surface area contributed by atoms with E-state index in [2.05, 4.69) is 6.92 Å². The fourth-order valence-corrected chi connectivity index (χ4v) is 2.49. The van der Waals surface area contributed by atoms with Crippen molar-refractivity contribution in [2.45, 2.75) is 43.9 Å². The van der Waals surface area contributed by atoms with Crippen molar-refractivity contribution < 1.29 is 14.7 Å². The standard InChI is InChI=1S/C15H20O3S/c1-2-3-5-14(16)12-7-9-13(10-8-12)19-11-4-6-15(17)18/h7-10H,2-6,11H2,1H3,(H,17,18). The first-order valence-corrected chi connectivity index (χ1v) is 7.60. The molecule has 0 amide bonds. The van der Waals surface area contributed by atoms with Crippen molar-refractivity contribution >= 4 is 23.5 Å². The van der Waals surface area contributed by atoms with Crippen LogP contribution in [0.3, 0.4) is 0 Å². The number of thioether (sulfide) groups is 1. The van der Waals surface area contributed by atoms with Gasteiger partial charge in [0.1, 0.15) is 0 Å². The zero-order chi connectivity index (χ0) is 14.1. The van der Waals surface area contributed by atoms with Crippen molar-refractivity contribution in [1.29, 1.82) is 0 Å². The summed E-state index contributed by atoms with van der Waals surface area (Å²) in [7, 11) is 0. The van der Waals surface area contributed by atoms with Gasteiger partial charge in [-0.2, -0.15) is 0 Å². The second-order valence-corrected chi connectivity index (χ2v) is 5.57. The maximum atomic E-state index is 11.8. The number of rotatable bonds is 9. The maximum Gasteiger partial charge on any atom is 0.303 e. The van der Waals surface area contributed by atoms with Gasteiger partial charge >= 0.3 is 5.97 Å². The molecule has 0 unspecified atom stereocenters. The number of carboxylic acids is 1. The van der Waals surface area contributed by atoms with E-state index in [1.165, 1.54) is 0 Å². The summed E-state index contributed by atoms with van der Waals surface area (Å²) in [5.74, 6) is 0.233. The van der Waals surface area contributed by atoms with Gasteiger partial charge in [-0.25, -0.2) is 0 Å². The predicted molar refractivity (Wildman–Crippen MR) is 77.9 cm³/mol. The lowest BCUT2D eigenvalue weighted by Crippen LogP contribution is -1.98. The van der Waals surface area contributed by atoms with E-state index < -0.39 is 5.97 Å². The molecule has 1 rings (SSSR count). The van der Waals surface area contributed by atoms with Crippen LogP contribution in [0, 0.1) is 0 Å². The quantitative estimate of drug-likeness (QED) is 0.422. The summed E-state index contributed by atoms with van der Waals surface area (Å²) in [6.45, 7) is 2.07. The number of carbonyl (C=O) groups excluding carboxylic acids is 1. The Labute approximate surface area is 118 Å². The third kappa shape index (κ3) is 6.43. The Morgan fingerprint density at radius 3 is 2.37 bits per heavy atom. The Balaban J connectivity index is 2.38. The summed E-state index contributed by atoms with van der Waals surface area (Å²) in [6.07, 6.45) is 3.45. The van der Waals surface area contributed by atoms with Crippen LogP contribution in [0.1, 0.15) is 49.4 Å². The van der Waals surface area contributed by atoms with Gasteiger partial charge in [0.05, 0.1) is 0 Å². The third-order valence-electron chi connectivity index (χ3n) is 2.74. The molecule has 0 spiro atoms. The lowest BCUT2D eigenvalue weighted by Gasteiger charge is -2.03. The lowest BCUT2D eigenvalue weighted by atomic mass is 10.1. The number of unbranched alkanes of at least 4 members (excludes halogenated alkanes) is 1. The van der Waals surface area contributed by atoms with E-state index >= 15 is 0 Å². The fourth-order valence-electron chi connectivity index (χ4n) is 1.63. The van der Waals surface area contributed by atoms with Crippen molar-refractivity contribution in [2.75, 3.05) is 5.75 Å². The molecule has 1 aromatic carbocycles. The summed E-state index contributed by atoms with van der Waals surface area (Å²) in [6, 6.07) is 7.59. The molecule has 0 atom stereocenters. The number of hydrogen-bond donors (Lipinski definition) is 1. The van der Waals surface area contributed by atoms with Crippen molar-refractivity contribution in [2.24, 2.45) is 0 Å². The summed E-state index contributed by atoms with van der Waals surface area (Å²) in [4.78, 5) is 23.2. The highest BCUT2D eigenvalue weighted by molar-refractivity contribution is 7.99. The first kappa shape index (κ1) is 15.8. The largest absolute Gasteiger partial charge is 0.481 e. The SMILES string of the molecule is CCCCC(=O)c1ccc(SCCCC(=O)O)cc1. The molecule has 4 heteroatoms. The van der Waals surface area contributed by atoms with Crippen LogP contribution in [0.15, 0.2) is 29.2 Å². The summed E-state index contributed by atoms with van der Waals surface area (Å²) >= 11 is 1.63. The second-order valence-electron chi connectivity index (χ2n) is 4.40. The molecule has 104 valence electrons. The number of Topliss-reactive ketones (excluding diaryl/α,β-unsaturated/α-hetero) is 1. The molecule has 0 aliphatic heterocycles. The molecule has 0 aliphatic carbocycles. The van der Waals surface area contributed by atoms with Gasteiger partial charge in [0, 0.05) is 23.3 Å². The number of ketones is 1. The van der Waals surface area contributed by atoms with Crippen LogP contribution >= 0.6 is 11.8 Å². The minimum absolute atomic E-state index is 0.198. The molecule has 3 nitrogen and oxygen atoms in total. The topological polar surface area (TPSA) is 54.4 Å². The van der Waals surface area contributed by atoms with Crippen LogP contribution in [-0.4, -0.2) is 22.6 Å². The normalized spacial score (nSPS) is 10.4. The fraction of sp³-hybridized carbons (Fsp3) is 0.467. The zero-order valence-electron chi connectivity index (χ0n) is 11.2.